The van der Waals surface area contributed by atoms with Crippen molar-refractivity contribution in [3.63, 3.8) is 0 Å². The number of hydrogen-bond donors (Lipinski definition) is 1. The summed E-state index contributed by atoms with van der Waals surface area (Å²) in [4.78, 5) is 12.1. The zero-order chi connectivity index (χ0) is 19.0. The fourth-order valence-corrected chi connectivity index (χ4v) is 3.47. The molecule has 0 aliphatic heterocycles. The molecule has 0 fully saturated rings. The molecular weight excluding hydrogens is 364 g/mol. The van der Waals surface area contributed by atoms with Gasteiger partial charge in [0.2, 0.25) is 16.4 Å². The van der Waals surface area contributed by atoms with Crippen LogP contribution in [0.2, 0.25) is 0 Å². The van der Waals surface area contributed by atoms with Crippen molar-refractivity contribution in [2.24, 2.45) is 0 Å². The van der Waals surface area contributed by atoms with Crippen molar-refractivity contribution in [1.82, 2.24) is 14.5 Å². The maximum absolute atomic E-state index is 12.8. The number of aromatic nitrogens is 2. The van der Waals surface area contributed by atoms with Crippen molar-refractivity contribution in [1.29, 1.82) is 0 Å². The van der Waals surface area contributed by atoms with Gasteiger partial charge in [0, 0.05) is 32.9 Å². The van der Waals surface area contributed by atoms with E-state index in [9.17, 15) is 13.2 Å². The van der Waals surface area contributed by atoms with Crippen LogP contribution in [0.3, 0.4) is 0 Å². The molecule has 1 heterocycles. The molecule has 0 unspecified atom stereocenters. The Balaban J connectivity index is 2.14. The van der Waals surface area contributed by atoms with Crippen LogP contribution in [0, 0.1) is 0 Å². The highest BCUT2D eigenvalue weighted by molar-refractivity contribution is 7.89. The van der Waals surface area contributed by atoms with Gasteiger partial charge in [-0.2, -0.15) is 4.31 Å². The fraction of sp³-hybridized carbons (Fsp3) is 0.400. The van der Waals surface area contributed by atoms with Crippen LogP contribution in [0.25, 0.3) is 0 Å². The predicted molar refractivity (Wildman–Crippen MR) is 91.2 cm³/mol. The highest BCUT2D eigenvalue weighted by Crippen LogP contribution is 2.17. The van der Waals surface area contributed by atoms with Crippen LogP contribution in [0.5, 0.6) is 0 Å². The van der Waals surface area contributed by atoms with Gasteiger partial charge < -0.3 is 13.9 Å². The van der Waals surface area contributed by atoms with Gasteiger partial charge >= 0.3 is 6.01 Å². The van der Waals surface area contributed by atoms with E-state index < -0.39 is 15.9 Å². The SMILES string of the molecule is COCCN(CCOC)S(=O)(=O)c1ccc(C(=O)Nc2nnco2)cc1. The minimum absolute atomic E-state index is 0.0444. The molecule has 0 aliphatic rings. The van der Waals surface area contributed by atoms with Crippen molar-refractivity contribution >= 4 is 21.9 Å². The number of hydrogen-bond acceptors (Lipinski definition) is 8. The first-order valence-electron chi connectivity index (χ1n) is 7.64. The highest BCUT2D eigenvalue weighted by atomic mass is 32.2. The summed E-state index contributed by atoms with van der Waals surface area (Å²) >= 11 is 0. The van der Waals surface area contributed by atoms with E-state index in [-0.39, 0.29) is 42.8 Å². The lowest BCUT2D eigenvalue weighted by Crippen LogP contribution is -2.36. The molecule has 0 bridgehead atoms. The molecule has 0 aliphatic carbocycles. The van der Waals surface area contributed by atoms with Crippen LogP contribution in [0.4, 0.5) is 6.01 Å². The zero-order valence-corrected chi connectivity index (χ0v) is 15.2. The highest BCUT2D eigenvalue weighted by Gasteiger charge is 2.24. The largest absolute Gasteiger partial charge is 0.411 e. The monoisotopic (exact) mass is 384 g/mol. The molecule has 0 radical (unpaired) electrons. The molecule has 0 saturated carbocycles. The number of sulfonamides is 1. The van der Waals surface area contributed by atoms with E-state index in [1.807, 2.05) is 0 Å². The fourth-order valence-electron chi connectivity index (χ4n) is 2.06. The standard InChI is InChI=1S/C15H20N4O6S/c1-23-9-7-19(8-10-24-2)26(21,22)13-5-3-12(4-6-13)14(20)17-15-18-16-11-25-15/h3-6,11H,7-10H2,1-2H3,(H,17,18,20). The molecule has 11 heteroatoms. The van der Waals surface area contributed by atoms with E-state index in [1.165, 1.54) is 42.8 Å². The Hall–Kier alpha value is -2.34. The molecule has 142 valence electrons. The lowest BCUT2D eigenvalue weighted by atomic mass is 10.2. The maximum Gasteiger partial charge on any atom is 0.322 e. The average Bonchev–Trinajstić information content (AvgIpc) is 3.14. The molecule has 2 rings (SSSR count). The molecule has 26 heavy (non-hydrogen) atoms. The maximum atomic E-state index is 12.8. The minimum atomic E-state index is -3.74. The summed E-state index contributed by atoms with van der Waals surface area (Å²) in [6.45, 7) is 0.907. The van der Waals surface area contributed by atoms with Gasteiger partial charge in [0.05, 0.1) is 18.1 Å². The quantitative estimate of drug-likeness (QED) is 0.632. The lowest BCUT2D eigenvalue weighted by Gasteiger charge is -2.21. The summed E-state index contributed by atoms with van der Waals surface area (Å²) in [5, 5.41) is 9.39. The first-order valence-corrected chi connectivity index (χ1v) is 9.08. The molecule has 0 atom stereocenters. The van der Waals surface area contributed by atoms with Gasteiger partial charge in [-0.15, -0.1) is 5.10 Å². The van der Waals surface area contributed by atoms with Gasteiger partial charge in [0.25, 0.3) is 5.91 Å². The summed E-state index contributed by atoms with van der Waals surface area (Å²) < 4.78 is 41.6. The van der Waals surface area contributed by atoms with Crippen molar-refractivity contribution < 1.29 is 27.1 Å². The number of anilines is 1. The van der Waals surface area contributed by atoms with Gasteiger partial charge in [0.15, 0.2) is 0 Å². The Labute approximate surface area is 151 Å². The molecule has 0 spiro atoms. The molecular formula is C15H20N4O6S. The number of ether oxygens (including phenoxy) is 2. The molecule has 1 amide bonds. The number of carbonyl (C=O) groups excluding carboxylic acids is 1. The summed E-state index contributed by atoms with van der Waals surface area (Å²) in [7, 11) is -0.741. The molecule has 0 saturated heterocycles. The smallest absolute Gasteiger partial charge is 0.322 e. The third kappa shape index (κ3) is 5.08. The van der Waals surface area contributed by atoms with Gasteiger partial charge in [0.1, 0.15) is 0 Å². The number of nitrogens with zero attached hydrogens (tertiary/aromatic N) is 3. The third-order valence-corrected chi connectivity index (χ3v) is 5.34. The van der Waals surface area contributed by atoms with Gasteiger partial charge in [-0.05, 0) is 24.3 Å². The van der Waals surface area contributed by atoms with Crippen molar-refractivity contribution in [2.75, 3.05) is 45.8 Å². The van der Waals surface area contributed by atoms with E-state index in [2.05, 4.69) is 15.5 Å². The van der Waals surface area contributed by atoms with Crippen molar-refractivity contribution in [3.05, 3.63) is 36.2 Å². The molecule has 1 aromatic heterocycles. The summed E-state index contributed by atoms with van der Waals surface area (Å²) in [6.07, 6.45) is 1.08. The third-order valence-electron chi connectivity index (χ3n) is 3.42. The Morgan fingerprint density at radius 3 is 2.27 bits per heavy atom. The number of amides is 1. The van der Waals surface area contributed by atoms with E-state index in [1.54, 1.807) is 0 Å². The number of carbonyl (C=O) groups is 1. The van der Waals surface area contributed by atoms with Crippen LogP contribution in [-0.4, -0.2) is 69.4 Å². The number of benzene rings is 1. The first kappa shape index (κ1) is 20.0. The van der Waals surface area contributed by atoms with E-state index in [4.69, 9.17) is 13.9 Å². The van der Waals surface area contributed by atoms with Crippen LogP contribution in [0.15, 0.2) is 40.0 Å². The van der Waals surface area contributed by atoms with Gasteiger partial charge in [-0.1, -0.05) is 5.10 Å². The van der Waals surface area contributed by atoms with Crippen molar-refractivity contribution in [3.8, 4) is 0 Å². The van der Waals surface area contributed by atoms with Crippen LogP contribution >= 0.6 is 0 Å². The van der Waals surface area contributed by atoms with E-state index >= 15 is 0 Å². The lowest BCUT2D eigenvalue weighted by molar-refractivity contribution is 0.102. The Morgan fingerprint density at radius 1 is 1.15 bits per heavy atom. The Kier molecular flexibility index (Phi) is 7.21. The number of methoxy groups -OCH3 is 2. The van der Waals surface area contributed by atoms with Crippen LogP contribution < -0.4 is 5.32 Å². The van der Waals surface area contributed by atoms with Gasteiger partial charge in [-0.25, -0.2) is 8.42 Å². The molecule has 1 N–H and O–H groups in total. The average molecular weight is 384 g/mol. The molecule has 1 aromatic carbocycles. The second kappa shape index (κ2) is 9.38. The Bertz CT molecular complexity index is 784. The Morgan fingerprint density at radius 2 is 1.77 bits per heavy atom. The normalized spacial score (nSPS) is 11.7. The zero-order valence-electron chi connectivity index (χ0n) is 14.4. The molecule has 2 aromatic rings. The summed E-state index contributed by atoms with van der Waals surface area (Å²) in [6, 6.07) is 5.50. The van der Waals surface area contributed by atoms with Crippen LogP contribution in [0.1, 0.15) is 10.4 Å². The van der Waals surface area contributed by atoms with Crippen LogP contribution in [-0.2, 0) is 19.5 Å². The topological polar surface area (TPSA) is 124 Å². The summed E-state index contributed by atoms with van der Waals surface area (Å²) in [5.74, 6) is -0.492. The second-order valence-electron chi connectivity index (χ2n) is 5.11. The van der Waals surface area contributed by atoms with E-state index in [0.29, 0.717) is 0 Å². The summed E-state index contributed by atoms with van der Waals surface area (Å²) in [5.41, 5.74) is 0.252. The minimum Gasteiger partial charge on any atom is -0.411 e. The number of nitrogens with one attached hydrogen (secondary N) is 1. The van der Waals surface area contributed by atoms with E-state index in [0.717, 1.165) is 6.39 Å². The van der Waals surface area contributed by atoms with Crippen molar-refractivity contribution in [2.45, 2.75) is 4.90 Å². The first-order chi connectivity index (χ1) is 12.5. The second-order valence-corrected chi connectivity index (χ2v) is 7.05. The van der Waals surface area contributed by atoms with Gasteiger partial charge in [-0.3, -0.25) is 10.1 Å². The molecule has 10 nitrogen and oxygen atoms in total. The number of rotatable bonds is 10. The predicted octanol–water partition coefficient (Wildman–Crippen LogP) is 0.605.